The number of hydrogen-bond acceptors (Lipinski definition) is 3. The SMILES string of the molecule is Cc1ccc2c(c1C)OCC(O)C2N(C)Cc1ccccc1. The maximum atomic E-state index is 10.5. The largest absolute Gasteiger partial charge is 0.490 e. The Balaban J connectivity index is 1.92. The second-order valence-corrected chi connectivity index (χ2v) is 6.15. The molecule has 1 N–H and O–H groups in total. The lowest BCUT2D eigenvalue weighted by molar-refractivity contribution is 0.00657. The number of nitrogens with zero attached hydrogens (tertiary/aromatic N) is 1. The van der Waals surface area contributed by atoms with Crippen molar-refractivity contribution in [1.29, 1.82) is 0 Å². The fourth-order valence-electron chi connectivity index (χ4n) is 3.20. The Hall–Kier alpha value is -1.84. The summed E-state index contributed by atoms with van der Waals surface area (Å²) in [5.41, 5.74) is 4.72. The summed E-state index contributed by atoms with van der Waals surface area (Å²) in [6.07, 6.45) is -0.511. The van der Waals surface area contributed by atoms with Crippen molar-refractivity contribution < 1.29 is 9.84 Å². The van der Waals surface area contributed by atoms with Gasteiger partial charge in [-0.1, -0.05) is 42.5 Å². The van der Waals surface area contributed by atoms with E-state index in [4.69, 9.17) is 4.74 Å². The Labute approximate surface area is 132 Å². The molecule has 0 fully saturated rings. The fraction of sp³-hybridized carbons (Fsp3) is 0.368. The molecule has 2 unspecified atom stereocenters. The minimum Gasteiger partial charge on any atom is -0.490 e. The Morgan fingerprint density at radius 1 is 1.14 bits per heavy atom. The molecule has 0 saturated carbocycles. The zero-order valence-corrected chi connectivity index (χ0v) is 13.4. The van der Waals surface area contributed by atoms with E-state index in [1.807, 2.05) is 18.2 Å². The number of likely N-dealkylation sites (N-methyl/N-ethyl adjacent to an activating group) is 1. The molecule has 0 amide bonds. The molecule has 116 valence electrons. The van der Waals surface area contributed by atoms with Crippen LogP contribution in [0.1, 0.15) is 28.3 Å². The average molecular weight is 297 g/mol. The normalized spacial score (nSPS) is 20.6. The lowest BCUT2D eigenvalue weighted by Crippen LogP contribution is -2.40. The number of hydrogen-bond donors (Lipinski definition) is 1. The molecule has 1 heterocycles. The Kier molecular flexibility index (Phi) is 4.19. The molecule has 2 atom stereocenters. The van der Waals surface area contributed by atoms with E-state index in [9.17, 15) is 5.11 Å². The third kappa shape index (κ3) is 2.74. The highest BCUT2D eigenvalue weighted by atomic mass is 16.5. The van der Waals surface area contributed by atoms with E-state index < -0.39 is 6.10 Å². The van der Waals surface area contributed by atoms with Crippen LogP contribution in [-0.4, -0.2) is 29.8 Å². The van der Waals surface area contributed by atoms with E-state index >= 15 is 0 Å². The van der Waals surface area contributed by atoms with Gasteiger partial charge in [-0.25, -0.2) is 0 Å². The van der Waals surface area contributed by atoms with E-state index in [0.717, 1.165) is 17.9 Å². The number of aliphatic hydroxyl groups excluding tert-OH is 1. The molecule has 3 heteroatoms. The first kappa shape index (κ1) is 15.1. The lowest BCUT2D eigenvalue weighted by atomic mass is 9.92. The maximum absolute atomic E-state index is 10.5. The number of benzene rings is 2. The predicted octanol–water partition coefficient (Wildman–Crippen LogP) is 3.23. The molecule has 2 aromatic carbocycles. The Bertz CT molecular complexity index is 654. The third-order valence-corrected chi connectivity index (χ3v) is 4.54. The summed E-state index contributed by atoms with van der Waals surface area (Å²) in [6, 6.07) is 14.5. The van der Waals surface area contributed by atoms with E-state index in [1.54, 1.807) is 0 Å². The van der Waals surface area contributed by atoms with Crippen LogP contribution in [0.5, 0.6) is 5.75 Å². The third-order valence-electron chi connectivity index (χ3n) is 4.54. The molecule has 3 rings (SSSR count). The maximum Gasteiger partial charge on any atom is 0.127 e. The lowest BCUT2D eigenvalue weighted by Gasteiger charge is -2.37. The van der Waals surface area contributed by atoms with Crippen molar-refractivity contribution in [3.05, 3.63) is 64.7 Å². The van der Waals surface area contributed by atoms with Gasteiger partial charge in [0.2, 0.25) is 0 Å². The van der Waals surface area contributed by atoms with Gasteiger partial charge in [0.25, 0.3) is 0 Å². The van der Waals surface area contributed by atoms with Gasteiger partial charge in [0, 0.05) is 12.1 Å². The van der Waals surface area contributed by atoms with Gasteiger partial charge >= 0.3 is 0 Å². The van der Waals surface area contributed by atoms with Gasteiger partial charge in [0.15, 0.2) is 0 Å². The van der Waals surface area contributed by atoms with Crippen molar-refractivity contribution in [2.45, 2.75) is 32.5 Å². The first-order valence-corrected chi connectivity index (χ1v) is 7.73. The van der Waals surface area contributed by atoms with Crippen LogP contribution in [0.15, 0.2) is 42.5 Å². The summed E-state index contributed by atoms with van der Waals surface area (Å²) >= 11 is 0. The second-order valence-electron chi connectivity index (χ2n) is 6.15. The summed E-state index contributed by atoms with van der Waals surface area (Å²) in [5.74, 6) is 0.940. The summed E-state index contributed by atoms with van der Waals surface area (Å²) in [6.45, 7) is 5.32. The van der Waals surface area contributed by atoms with Gasteiger partial charge < -0.3 is 9.84 Å². The molecule has 0 radical (unpaired) electrons. The average Bonchev–Trinajstić information content (AvgIpc) is 2.51. The van der Waals surface area contributed by atoms with Gasteiger partial charge in [-0.2, -0.15) is 0 Å². The molecule has 1 aliphatic rings. The van der Waals surface area contributed by atoms with Crippen molar-refractivity contribution in [1.82, 2.24) is 4.90 Å². The summed E-state index contributed by atoms with van der Waals surface area (Å²) in [7, 11) is 2.06. The Morgan fingerprint density at radius 3 is 2.59 bits per heavy atom. The molecule has 0 saturated heterocycles. The van der Waals surface area contributed by atoms with Crippen LogP contribution < -0.4 is 4.74 Å². The van der Waals surface area contributed by atoms with Crippen LogP contribution in [0.3, 0.4) is 0 Å². The molecule has 0 bridgehead atoms. The van der Waals surface area contributed by atoms with Crippen molar-refractivity contribution in [2.75, 3.05) is 13.7 Å². The molecule has 0 aliphatic carbocycles. The molecule has 0 aromatic heterocycles. The number of aryl methyl sites for hydroxylation is 1. The molecular weight excluding hydrogens is 274 g/mol. The molecule has 1 aliphatic heterocycles. The van der Waals surface area contributed by atoms with Crippen molar-refractivity contribution in [3.8, 4) is 5.75 Å². The zero-order chi connectivity index (χ0) is 15.7. The van der Waals surface area contributed by atoms with Gasteiger partial charge in [0.05, 0.1) is 6.04 Å². The molecule has 3 nitrogen and oxygen atoms in total. The molecule has 0 spiro atoms. The highest BCUT2D eigenvalue weighted by Crippen LogP contribution is 2.39. The van der Waals surface area contributed by atoms with Gasteiger partial charge in [-0.15, -0.1) is 0 Å². The summed E-state index contributed by atoms with van der Waals surface area (Å²) in [4.78, 5) is 2.20. The zero-order valence-electron chi connectivity index (χ0n) is 13.4. The first-order chi connectivity index (χ1) is 10.6. The van der Waals surface area contributed by atoms with Crippen LogP contribution in [0, 0.1) is 13.8 Å². The first-order valence-electron chi connectivity index (χ1n) is 7.73. The predicted molar refractivity (Wildman–Crippen MR) is 88.1 cm³/mol. The summed E-state index contributed by atoms with van der Waals surface area (Å²) in [5, 5.41) is 10.5. The number of aliphatic hydroxyl groups is 1. The van der Waals surface area contributed by atoms with E-state index in [0.29, 0.717) is 6.61 Å². The van der Waals surface area contributed by atoms with Crippen LogP contribution in [0.25, 0.3) is 0 Å². The van der Waals surface area contributed by atoms with E-state index in [1.165, 1.54) is 16.7 Å². The van der Waals surface area contributed by atoms with E-state index in [2.05, 4.69) is 50.1 Å². The number of rotatable bonds is 3. The van der Waals surface area contributed by atoms with Crippen molar-refractivity contribution in [3.63, 3.8) is 0 Å². The number of fused-ring (bicyclic) bond motifs is 1. The number of ether oxygens (including phenoxy) is 1. The molecule has 2 aromatic rings. The fourth-order valence-corrected chi connectivity index (χ4v) is 3.20. The monoisotopic (exact) mass is 297 g/mol. The van der Waals surface area contributed by atoms with Crippen LogP contribution in [0.4, 0.5) is 0 Å². The quantitative estimate of drug-likeness (QED) is 0.944. The van der Waals surface area contributed by atoms with Crippen LogP contribution >= 0.6 is 0 Å². The standard InChI is InChI=1S/C19H23NO2/c1-13-9-10-16-18(17(21)12-22-19(16)14(13)2)20(3)11-15-7-5-4-6-8-15/h4-10,17-18,21H,11-12H2,1-3H3. The van der Waals surface area contributed by atoms with Gasteiger partial charge in [-0.3, -0.25) is 4.90 Å². The Morgan fingerprint density at radius 2 is 1.86 bits per heavy atom. The minimum atomic E-state index is -0.511. The van der Waals surface area contributed by atoms with E-state index in [-0.39, 0.29) is 6.04 Å². The highest BCUT2D eigenvalue weighted by molar-refractivity contribution is 5.48. The van der Waals surface area contributed by atoms with Crippen molar-refractivity contribution in [2.24, 2.45) is 0 Å². The molecule has 22 heavy (non-hydrogen) atoms. The smallest absolute Gasteiger partial charge is 0.127 e. The van der Waals surface area contributed by atoms with Gasteiger partial charge in [0.1, 0.15) is 18.5 Å². The molecular formula is C19H23NO2. The van der Waals surface area contributed by atoms with Gasteiger partial charge in [-0.05, 0) is 37.6 Å². The van der Waals surface area contributed by atoms with Crippen LogP contribution in [-0.2, 0) is 6.54 Å². The summed E-state index contributed by atoms with van der Waals surface area (Å²) < 4.78 is 5.80. The minimum absolute atomic E-state index is 0.0387. The van der Waals surface area contributed by atoms with Crippen molar-refractivity contribution >= 4 is 0 Å². The highest BCUT2D eigenvalue weighted by Gasteiger charge is 2.33. The topological polar surface area (TPSA) is 32.7 Å². The van der Waals surface area contributed by atoms with Crippen LogP contribution in [0.2, 0.25) is 0 Å². The second kappa shape index (κ2) is 6.11.